The first kappa shape index (κ1) is 26.3. The van der Waals surface area contributed by atoms with Crippen molar-refractivity contribution in [2.24, 2.45) is 0 Å². The average molecular weight is 491 g/mol. The van der Waals surface area contributed by atoms with Crippen LogP contribution < -0.4 is 4.90 Å². The van der Waals surface area contributed by atoms with Crippen molar-refractivity contribution in [1.29, 1.82) is 0 Å². The Balaban J connectivity index is 1.54. The van der Waals surface area contributed by atoms with Crippen LogP contribution in [0.25, 0.3) is 10.9 Å². The molecule has 0 atom stereocenters. The Morgan fingerprint density at radius 2 is 1.89 bits per heavy atom. The number of likely N-dealkylation sites (tertiary alicyclic amines) is 1. The van der Waals surface area contributed by atoms with Crippen LogP contribution in [0.4, 0.5) is 11.6 Å². The summed E-state index contributed by atoms with van der Waals surface area (Å²) in [5.41, 5.74) is 6.61. The molecule has 0 aliphatic carbocycles. The number of fused-ring (bicyclic) bond motifs is 1. The van der Waals surface area contributed by atoms with Crippen LogP contribution >= 0.6 is 0 Å². The highest BCUT2D eigenvalue weighted by atomic mass is 16.3. The van der Waals surface area contributed by atoms with Crippen LogP contribution in [0.1, 0.15) is 68.7 Å². The molecule has 1 saturated heterocycles. The van der Waals surface area contributed by atoms with E-state index in [2.05, 4.69) is 61.4 Å². The molecule has 1 aliphatic heterocycles. The van der Waals surface area contributed by atoms with Gasteiger partial charge in [-0.2, -0.15) is 5.10 Å². The van der Waals surface area contributed by atoms with Gasteiger partial charge in [-0.1, -0.05) is 26.0 Å². The molecule has 0 unspecified atom stereocenters. The van der Waals surface area contributed by atoms with Gasteiger partial charge in [0.2, 0.25) is 5.95 Å². The standard InChI is InChI=1S/C29H42N6O/c1-7-25(8-2)34-12-10-23(11-13-34)26-16-27-24(15-21(26)4)17-30-29(32-27)33(6)28-18-31-35(22(28)5)14-9-20(3)19-36/h15-18,23,25,36H,3,7-14,19H2,1-2,4-6H3. The fourth-order valence-corrected chi connectivity index (χ4v) is 5.62. The molecular formula is C29H42N6O. The summed E-state index contributed by atoms with van der Waals surface area (Å²) in [5.74, 6) is 1.26. The van der Waals surface area contributed by atoms with Gasteiger partial charge in [-0.3, -0.25) is 4.68 Å². The van der Waals surface area contributed by atoms with E-state index in [-0.39, 0.29) is 6.61 Å². The van der Waals surface area contributed by atoms with E-state index in [4.69, 9.17) is 4.98 Å². The summed E-state index contributed by atoms with van der Waals surface area (Å²) in [4.78, 5) is 14.3. The highest BCUT2D eigenvalue weighted by molar-refractivity contribution is 5.81. The fraction of sp³-hybridized carbons (Fsp3) is 0.552. The maximum absolute atomic E-state index is 9.23. The van der Waals surface area contributed by atoms with Crippen molar-refractivity contribution >= 4 is 22.5 Å². The van der Waals surface area contributed by atoms with E-state index in [9.17, 15) is 5.11 Å². The van der Waals surface area contributed by atoms with Gasteiger partial charge in [0, 0.05) is 31.2 Å². The van der Waals surface area contributed by atoms with Crippen molar-refractivity contribution in [2.75, 3.05) is 31.6 Å². The molecule has 2 aromatic heterocycles. The second-order valence-corrected chi connectivity index (χ2v) is 10.3. The molecule has 0 saturated carbocycles. The summed E-state index contributed by atoms with van der Waals surface area (Å²) in [6, 6.07) is 5.27. The summed E-state index contributed by atoms with van der Waals surface area (Å²) in [6.45, 7) is 15.8. The molecule has 4 rings (SSSR count). The van der Waals surface area contributed by atoms with Gasteiger partial charge in [-0.25, -0.2) is 9.97 Å². The fourth-order valence-electron chi connectivity index (χ4n) is 5.62. The Kier molecular flexibility index (Phi) is 8.42. The van der Waals surface area contributed by atoms with Crippen molar-refractivity contribution < 1.29 is 5.11 Å². The molecule has 1 aliphatic rings. The van der Waals surface area contributed by atoms with Gasteiger partial charge in [0.05, 0.1) is 29.7 Å². The van der Waals surface area contributed by atoms with Gasteiger partial charge in [-0.15, -0.1) is 0 Å². The molecular weight excluding hydrogens is 448 g/mol. The zero-order valence-electron chi connectivity index (χ0n) is 22.7. The number of rotatable bonds is 10. The van der Waals surface area contributed by atoms with Crippen LogP contribution in [0.15, 0.2) is 36.7 Å². The first-order chi connectivity index (χ1) is 17.4. The number of aliphatic hydroxyl groups is 1. The molecule has 7 nitrogen and oxygen atoms in total. The number of aryl methyl sites for hydroxylation is 2. The monoisotopic (exact) mass is 490 g/mol. The summed E-state index contributed by atoms with van der Waals surface area (Å²) >= 11 is 0. The van der Waals surface area contributed by atoms with Crippen molar-refractivity contribution in [3.63, 3.8) is 0 Å². The third-order valence-corrected chi connectivity index (χ3v) is 8.02. The number of aromatic nitrogens is 4. The van der Waals surface area contributed by atoms with E-state index in [1.807, 2.05) is 29.0 Å². The Morgan fingerprint density at radius 1 is 1.17 bits per heavy atom. The molecule has 1 N–H and O–H groups in total. The minimum Gasteiger partial charge on any atom is -0.392 e. The smallest absolute Gasteiger partial charge is 0.230 e. The minimum absolute atomic E-state index is 0.0105. The number of piperidine rings is 1. The summed E-state index contributed by atoms with van der Waals surface area (Å²) < 4.78 is 1.95. The van der Waals surface area contributed by atoms with E-state index in [0.717, 1.165) is 33.9 Å². The molecule has 3 aromatic rings. The third kappa shape index (κ3) is 5.47. The van der Waals surface area contributed by atoms with Gasteiger partial charge in [0.1, 0.15) is 0 Å². The molecule has 3 heterocycles. The number of anilines is 2. The summed E-state index contributed by atoms with van der Waals surface area (Å²) in [7, 11) is 1.99. The van der Waals surface area contributed by atoms with Crippen molar-refractivity contribution in [2.45, 2.75) is 78.3 Å². The average Bonchev–Trinajstić information content (AvgIpc) is 3.27. The second-order valence-electron chi connectivity index (χ2n) is 10.3. The maximum atomic E-state index is 9.23. The van der Waals surface area contributed by atoms with Crippen molar-refractivity contribution in [3.05, 3.63) is 53.5 Å². The van der Waals surface area contributed by atoms with Crippen molar-refractivity contribution in [1.82, 2.24) is 24.6 Å². The van der Waals surface area contributed by atoms with Crippen LogP contribution in [0.2, 0.25) is 0 Å². The number of hydrogen-bond donors (Lipinski definition) is 1. The quantitative estimate of drug-likeness (QED) is 0.378. The van der Waals surface area contributed by atoms with Gasteiger partial charge in [0.25, 0.3) is 0 Å². The van der Waals surface area contributed by atoms with Crippen LogP contribution in [0.3, 0.4) is 0 Å². The Labute approximate surface area is 215 Å². The summed E-state index contributed by atoms with van der Waals surface area (Å²) in [5, 5.41) is 14.9. The van der Waals surface area contributed by atoms with E-state index in [1.165, 1.54) is 49.9 Å². The highest BCUT2D eigenvalue weighted by Crippen LogP contribution is 2.34. The lowest BCUT2D eigenvalue weighted by atomic mass is 9.85. The lowest BCUT2D eigenvalue weighted by Gasteiger charge is -2.37. The molecule has 0 bridgehead atoms. The van der Waals surface area contributed by atoms with Gasteiger partial charge in [0.15, 0.2) is 0 Å². The van der Waals surface area contributed by atoms with E-state index >= 15 is 0 Å². The first-order valence-electron chi connectivity index (χ1n) is 13.4. The minimum atomic E-state index is 0.0105. The lowest BCUT2D eigenvalue weighted by molar-refractivity contribution is 0.144. The Hall–Kier alpha value is -2.77. The molecule has 1 aromatic carbocycles. The summed E-state index contributed by atoms with van der Waals surface area (Å²) in [6.07, 6.45) is 9.39. The van der Waals surface area contributed by atoms with E-state index in [1.54, 1.807) is 0 Å². The van der Waals surface area contributed by atoms with E-state index < -0.39 is 0 Å². The molecule has 1 fully saturated rings. The second kappa shape index (κ2) is 11.5. The topological polar surface area (TPSA) is 70.3 Å². The maximum Gasteiger partial charge on any atom is 0.230 e. The van der Waals surface area contributed by atoms with E-state index in [0.29, 0.717) is 24.8 Å². The Morgan fingerprint density at radius 3 is 2.56 bits per heavy atom. The van der Waals surface area contributed by atoms with Gasteiger partial charge in [-0.05, 0) is 88.2 Å². The van der Waals surface area contributed by atoms with Crippen LogP contribution in [0.5, 0.6) is 0 Å². The molecule has 36 heavy (non-hydrogen) atoms. The number of aliphatic hydroxyl groups excluding tert-OH is 1. The zero-order valence-corrected chi connectivity index (χ0v) is 22.7. The lowest BCUT2D eigenvalue weighted by Crippen LogP contribution is -2.40. The number of hydrogen-bond acceptors (Lipinski definition) is 6. The SMILES string of the molecule is C=C(CO)CCn1ncc(N(C)c2ncc3cc(C)c(C4CCN(C(CC)CC)CC4)cc3n2)c1C. The van der Waals surface area contributed by atoms with Crippen LogP contribution in [0, 0.1) is 13.8 Å². The third-order valence-electron chi connectivity index (χ3n) is 8.02. The zero-order chi connectivity index (χ0) is 25.8. The van der Waals surface area contributed by atoms with Crippen LogP contribution in [-0.2, 0) is 6.54 Å². The molecule has 194 valence electrons. The Bertz CT molecular complexity index is 1190. The molecule has 0 amide bonds. The number of benzene rings is 1. The van der Waals surface area contributed by atoms with Crippen molar-refractivity contribution in [3.8, 4) is 0 Å². The molecule has 0 spiro atoms. The first-order valence-corrected chi connectivity index (χ1v) is 13.4. The molecule has 7 heteroatoms. The highest BCUT2D eigenvalue weighted by Gasteiger charge is 2.25. The van der Waals surface area contributed by atoms with Gasteiger partial charge >= 0.3 is 0 Å². The number of nitrogens with zero attached hydrogens (tertiary/aromatic N) is 6. The van der Waals surface area contributed by atoms with Crippen LogP contribution in [-0.4, -0.2) is 62.5 Å². The normalized spacial score (nSPS) is 15.2. The van der Waals surface area contributed by atoms with Gasteiger partial charge < -0.3 is 14.9 Å². The predicted octanol–water partition coefficient (Wildman–Crippen LogP) is 5.52. The molecule has 0 radical (unpaired) electrons. The predicted molar refractivity (Wildman–Crippen MR) is 148 cm³/mol. The largest absolute Gasteiger partial charge is 0.392 e.